The Kier molecular flexibility index (Phi) is 8.90. The molecule has 18 heavy (non-hydrogen) atoms. The fraction of sp³-hybridized carbons (Fsp3) is 0.538. The molecule has 102 valence electrons. The molecule has 0 heterocycles. The number of ether oxygens (including phenoxy) is 1. The van der Waals surface area contributed by atoms with Crippen LogP contribution in [0.4, 0.5) is 0 Å². The van der Waals surface area contributed by atoms with Gasteiger partial charge in [0.2, 0.25) is 0 Å². The maximum Gasteiger partial charge on any atom is 0.0603 e. The maximum absolute atomic E-state index is 5.96. The van der Waals surface area contributed by atoms with Crippen LogP contribution < -0.4 is 5.32 Å². The van der Waals surface area contributed by atoms with Crippen molar-refractivity contribution in [3.05, 3.63) is 28.2 Å². The van der Waals surface area contributed by atoms with E-state index in [1.54, 1.807) is 7.11 Å². The molecule has 0 saturated heterocycles. The molecule has 1 N–H and O–H groups in total. The van der Waals surface area contributed by atoms with Crippen molar-refractivity contribution in [1.82, 2.24) is 5.32 Å². The van der Waals surface area contributed by atoms with E-state index < -0.39 is 0 Å². The average Bonchev–Trinajstić information content (AvgIpc) is 2.37. The van der Waals surface area contributed by atoms with Gasteiger partial charge in [0.1, 0.15) is 0 Å². The minimum absolute atomic E-state index is 0.614. The molecule has 0 unspecified atom stereocenters. The Bertz CT molecular complexity index is 350. The predicted molar refractivity (Wildman–Crippen MR) is 81.2 cm³/mol. The summed E-state index contributed by atoms with van der Waals surface area (Å²) >= 11 is 13.6. The number of hydrogen-bond acceptors (Lipinski definition) is 3. The van der Waals surface area contributed by atoms with Crippen LogP contribution in [-0.2, 0) is 4.74 Å². The highest BCUT2D eigenvalue weighted by molar-refractivity contribution is 7.99. The standard InChI is InChI=1S/C13H19Cl2NOS/c1-17-8-7-16-6-2-3-9-18-11-4-5-12(14)13(15)10-11/h4-5,10,16H,2-3,6-9H2,1H3. The van der Waals surface area contributed by atoms with E-state index in [0.29, 0.717) is 10.0 Å². The zero-order valence-corrected chi connectivity index (χ0v) is 12.9. The highest BCUT2D eigenvalue weighted by atomic mass is 35.5. The highest BCUT2D eigenvalue weighted by Crippen LogP contribution is 2.28. The van der Waals surface area contributed by atoms with Gasteiger partial charge in [-0.05, 0) is 43.3 Å². The van der Waals surface area contributed by atoms with Gasteiger partial charge in [0.15, 0.2) is 0 Å². The molecule has 0 atom stereocenters. The van der Waals surface area contributed by atoms with E-state index in [9.17, 15) is 0 Å². The van der Waals surface area contributed by atoms with Crippen molar-refractivity contribution in [3.63, 3.8) is 0 Å². The number of hydrogen-bond donors (Lipinski definition) is 1. The summed E-state index contributed by atoms with van der Waals surface area (Å²) in [7, 11) is 1.72. The number of unbranched alkanes of at least 4 members (excludes halogenated alkanes) is 1. The minimum atomic E-state index is 0.614. The number of thioether (sulfide) groups is 1. The summed E-state index contributed by atoms with van der Waals surface area (Å²) in [6.45, 7) is 2.75. The second kappa shape index (κ2) is 9.93. The topological polar surface area (TPSA) is 21.3 Å². The zero-order valence-electron chi connectivity index (χ0n) is 10.5. The first-order chi connectivity index (χ1) is 8.74. The van der Waals surface area contributed by atoms with Gasteiger partial charge in [0.25, 0.3) is 0 Å². The highest BCUT2D eigenvalue weighted by Gasteiger charge is 1.99. The van der Waals surface area contributed by atoms with Gasteiger partial charge in [-0.2, -0.15) is 0 Å². The Morgan fingerprint density at radius 3 is 2.72 bits per heavy atom. The van der Waals surface area contributed by atoms with Gasteiger partial charge >= 0.3 is 0 Å². The van der Waals surface area contributed by atoms with Gasteiger partial charge in [-0.25, -0.2) is 0 Å². The normalized spacial score (nSPS) is 10.8. The van der Waals surface area contributed by atoms with Crippen LogP contribution in [0.25, 0.3) is 0 Å². The van der Waals surface area contributed by atoms with E-state index in [1.165, 1.54) is 17.7 Å². The molecular formula is C13H19Cl2NOS. The SMILES string of the molecule is COCCNCCCCSc1ccc(Cl)c(Cl)c1. The fourth-order valence-electron chi connectivity index (χ4n) is 1.41. The lowest BCUT2D eigenvalue weighted by Gasteiger charge is -2.05. The summed E-state index contributed by atoms with van der Waals surface area (Å²) in [6, 6.07) is 5.78. The summed E-state index contributed by atoms with van der Waals surface area (Å²) in [5, 5.41) is 4.57. The summed E-state index contributed by atoms with van der Waals surface area (Å²) in [6.07, 6.45) is 2.36. The summed E-state index contributed by atoms with van der Waals surface area (Å²) < 4.78 is 4.96. The molecule has 1 aromatic carbocycles. The molecule has 0 aromatic heterocycles. The molecule has 0 amide bonds. The monoisotopic (exact) mass is 307 g/mol. The molecule has 0 aliphatic carbocycles. The summed E-state index contributed by atoms with van der Waals surface area (Å²) in [5.41, 5.74) is 0. The van der Waals surface area contributed by atoms with Gasteiger partial charge in [0, 0.05) is 18.6 Å². The van der Waals surface area contributed by atoms with Crippen molar-refractivity contribution in [2.24, 2.45) is 0 Å². The van der Waals surface area contributed by atoms with E-state index >= 15 is 0 Å². The lowest BCUT2D eigenvalue weighted by atomic mass is 10.3. The molecule has 1 rings (SSSR count). The van der Waals surface area contributed by atoms with Crippen molar-refractivity contribution < 1.29 is 4.74 Å². The van der Waals surface area contributed by atoms with E-state index in [4.69, 9.17) is 27.9 Å². The third-order valence-corrected chi connectivity index (χ3v) is 4.21. The Morgan fingerprint density at radius 2 is 2.00 bits per heavy atom. The second-order valence-corrected chi connectivity index (χ2v) is 5.86. The third-order valence-electron chi connectivity index (χ3n) is 2.39. The van der Waals surface area contributed by atoms with Gasteiger partial charge in [-0.15, -0.1) is 11.8 Å². The third kappa shape index (κ3) is 6.86. The largest absolute Gasteiger partial charge is 0.383 e. The zero-order chi connectivity index (χ0) is 13.2. The van der Waals surface area contributed by atoms with Crippen molar-refractivity contribution >= 4 is 35.0 Å². The van der Waals surface area contributed by atoms with Crippen molar-refractivity contribution in [3.8, 4) is 0 Å². The van der Waals surface area contributed by atoms with Gasteiger partial charge in [-0.3, -0.25) is 0 Å². The molecule has 0 aliphatic rings. The van der Waals surface area contributed by atoms with Crippen LogP contribution in [0.2, 0.25) is 10.0 Å². The van der Waals surface area contributed by atoms with Crippen LogP contribution in [-0.4, -0.2) is 32.6 Å². The molecule has 0 spiro atoms. The molecule has 0 aliphatic heterocycles. The Morgan fingerprint density at radius 1 is 1.17 bits per heavy atom. The molecule has 1 aromatic rings. The fourth-order valence-corrected chi connectivity index (χ4v) is 2.72. The Labute approximate surface area is 123 Å². The van der Waals surface area contributed by atoms with Crippen LogP contribution >= 0.6 is 35.0 Å². The van der Waals surface area contributed by atoms with E-state index in [1.807, 2.05) is 30.0 Å². The Balaban J connectivity index is 2.05. The van der Waals surface area contributed by atoms with E-state index in [2.05, 4.69) is 5.32 Å². The smallest absolute Gasteiger partial charge is 0.0603 e. The molecule has 2 nitrogen and oxygen atoms in total. The number of halogens is 2. The molecule has 0 saturated carbocycles. The number of nitrogens with one attached hydrogen (secondary N) is 1. The number of rotatable bonds is 9. The summed E-state index contributed by atoms with van der Waals surface area (Å²) in [4.78, 5) is 1.18. The Hall–Kier alpha value is 0.0700. The molecule has 0 radical (unpaired) electrons. The molecular weight excluding hydrogens is 289 g/mol. The van der Waals surface area contributed by atoms with Crippen molar-refractivity contribution in [1.29, 1.82) is 0 Å². The quantitative estimate of drug-likeness (QED) is 0.548. The number of benzene rings is 1. The molecule has 0 bridgehead atoms. The second-order valence-electron chi connectivity index (χ2n) is 3.87. The first-order valence-electron chi connectivity index (χ1n) is 6.01. The summed E-state index contributed by atoms with van der Waals surface area (Å²) in [5.74, 6) is 1.10. The van der Waals surface area contributed by atoms with Gasteiger partial charge < -0.3 is 10.1 Å². The van der Waals surface area contributed by atoms with Crippen LogP contribution in [0, 0.1) is 0 Å². The molecule has 5 heteroatoms. The lowest BCUT2D eigenvalue weighted by Crippen LogP contribution is -2.20. The van der Waals surface area contributed by atoms with Crippen LogP contribution in [0.1, 0.15) is 12.8 Å². The predicted octanol–water partition coefficient (Wildman–Crippen LogP) is 4.10. The van der Waals surface area contributed by atoms with Gasteiger partial charge in [0.05, 0.1) is 16.7 Å². The maximum atomic E-state index is 5.96. The van der Waals surface area contributed by atoms with Gasteiger partial charge in [-0.1, -0.05) is 23.2 Å². The van der Waals surface area contributed by atoms with Crippen LogP contribution in [0.15, 0.2) is 23.1 Å². The first kappa shape index (κ1) is 16.1. The van der Waals surface area contributed by atoms with Crippen LogP contribution in [0.3, 0.4) is 0 Å². The first-order valence-corrected chi connectivity index (χ1v) is 7.75. The van der Waals surface area contributed by atoms with Crippen molar-refractivity contribution in [2.45, 2.75) is 17.7 Å². The van der Waals surface area contributed by atoms with Crippen LogP contribution in [0.5, 0.6) is 0 Å². The number of methoxy groups -OCH3 is 1. The average molecular weight is 308 g/mol. The van der Waals surface area contributed by atoms with E-state index in [-0.39, 0.29) is 0 Å². The lowest BCUT2D eigenvalue weighted by molar-refractivity contribution is 0.199. The van der Waals surface area contributed by atoms with E-state index in [0.717, 1.165) is 25.4 Å². The van der Waals surface area contributed by atoms with Crippen molar-refractivity contribution in [2.75, 3.05) is 32.6 Å². The molecule has 0 fully saturated rings. The minimum Gasteiger partial charge on any atom is -0.383 e.